The van der Waals surface area contributed by atoms with E-state index in [4.69, 9.17) is 26.6 Å². The zero-order valence-corrected chi connectivity index (χ0v) is 10.6. The molecule has 1 aromatic carbocycles. The molecule has 0 aliphatic heterocycles. The molecule has 0 aliphatic carbocycles. The van der Waals surface area contributed by atoms with Gasteiger partial charge >= 0.3 is 0 Å². The molecule has 1 atom stereocenters. The minimum atomic E-state index is 0.0154. The van der Waals surface area contributed by atoms with Crippen LogP contribution in [0.1, 0.15) is 5.56 Å². The quantitative estimate of drug-likeness (QED) is 0.623. The first-order valence-electron chi connectivity index (χ1n) is 5.63. The van der Waals surface area contributed by atoms with E-state index in [0.717, 1.165) is 17.7 Å². The number of hydrogen-bond donors (Lipinski definition) is 2. The van der Waals surface area contributed by atoms with E-state index in [0.29, 0.717) is 11.6 Å². The van der Waals surface area contributed by atoms with E-state index in [-0.39, 0.29) is 6.04 Å². The number of furan rings is 1. The highest BCUT2D eigenvalue weighted by molar-refractivity contribution is 6.30. The van der Waals surface area contributed by atoms with E-state index in [1.54, 1.807) is 24.7 Å². The zero-order chi connectivity index (χ0) is 12.8. The number of hydrazine groups is 1. The van der Waals surface area contributed by atoms with Gasteiger partial charge in [-0.05, 0) is 36.2 Å². The van der Waals surface area contributed by atoms with Crippen LogP contribution in [0.25, 0.3) is 0 Å². The van der Waals surface area contributed by atoms with Crippen LogP contribution in [0.4, 0.5) is 0 Å². The highest BCUT2D eigenvalue weighted by atomic mass is 35.5. The maximum atomic E-state index is 5.88. The zero-order valence-electron chi connectivity index (χ0n) is 9.80. The molecule has 3 N–H and O–H groups in total. The first-order valence-corrected chi connectivity index (χ1v) is 6.01. The number of ether oxygens (including phenoxy) is 1. The highest BCUT2D eigenvalue weighted by Gasteiger charge is 2.09. The molecule has 1 aromatic heterocycles. The first kappa shape index (κ1) is 13.0. The molecule has 5 heteroatoms. The fourth-order valence-electron chi connectivity index (χ4n) is 1.61. The lowest BCUT2D eigenvalue weighted by Gasteiger charge is -2.16. The highest BCUT2D eigenvalue weighted by Crippen LogP contribution is 2.17. The topological polar surface area (TPSA) is 60.4 Å². The van der Waals surface area contributed by atoms with Gasteiger partial charge in [-0.2, -0.15) is 0 Å². The summed E-state index contributed by atoms with van der Waals surface area (Å²) in [6.07, 6.45) is 4.08. The Morgan fingerprint density at radius 2 is 2.28 bits per heavy atom. The lowest BCUT2D eigenvalue weighted by atomic mass is 10.1. The fraction of sp³-hybridized carbons (Fsp3) is 0.231. The molecule has 0 radical (unpaired) electrons. The number of halogens is 1. The van der Waals surface area contributed by atoms with Gasteiger partial charge in [0.15, 0.2) is 0 Å². The van der Waals surface area contributed by atoms with Crippen LogP contribution in [-0.4, -0.2) is 12.6 Å². The molecule has 0 amide bonds. The fourth-order valence-corrected chi connectivity index (χ4v) is 1.79. The Kier molecular flexibility index (Phi) is 4.64. The Bertz CT molecular complexity index is 474. The van der Waals surface area contributed by atoms with Crippen molar-refractivity contribution in [1.82, 2.24) is 5.43 Å². The molecule has 4 nitrogen and oxygen atoms in total. The monoisotopic (exact) mass is 266 g/mol. The van der Waals surface area contributed by atoms with Gasteiger partial charge in [-0.3, -0.25) is 11.3 Å². The summed E-state index contributed by atoms with van der Waals surface area (Å²) >= 11 is 5.88. The third-order valence-electron chi connectivity index (χ3n) is 2.55. The second-order valence-corrected chi connectivity index (χ2v) is 4.40. The Balaban J connectivity index is 1.87. The van der Waals surface area contributed by atoms with Gasteiger partial charge in [-0.25, -0.2) is 0 Å². The minimum absolute atomic E-state index is 0.0154. The van der Waals surface area contributed by atoms with Gasteiger partial charge in [0, 0.05) is 5.02 Å². The van der Waals surface area contributed by atoms with E-state index in [9.17, 15) is 0 Å². The van der Waals surface area contributed by atoms with Crippen molar-refractivity contribution in [1.29, 1.82) is 0 Å². The van der Waals surface area contributed by atoms with E-state index >= 15 is 0 Å². The molecule has 18 heavy (non-hydrogen) atoms. The molecule has 0 saturated carbocycles. The molecule has 0 saturated heterocycles. The van der Waals surface area contributed by atoms with Crippen molar-refractivity contribution in [3.05, 3.63) is 53.4 Å². The lowest BCUT2D eigenvalue weighted by Crippen LogP contribution is -2.41. The average molecular weight is 267 g/mol. The molecule has 2 aromatic rings. The standard InChI is InChI=1S/C13H15ClN2O2/c14-11-2-1-3-13(7-11)18-9-12(16-15)6-10-4-5-17-8-10/h1-5,7-8,12,16H,6,9,15H2. The van der Waals surface area contributed by atoms with Crippen LogP contribution < -0.4 is 16.0 Å². The molecule has 0 bridgehead atoms. The number of hydrogen-bond acceptors (Lipinski definition) is 4. The third kappa shape index (κ3) is 3.77. The maximum absolute atomic E-state index is 5.88. The van der Waals surface area contributed by atoms with Crippen molar-refractivity contribution < 1.29 is 9.15 Å². The molecule has 1 heterocycles. The normalized spacial score (nSPS) is 12.3. The van der Waals surface area contributed by atoms with Gasteiger partial charge in [0.1, 0.15) is 12.4 Å². The Morgan fingerprint density at radius 1 is 1.39 bits per heavy atom. The van der Waals surface area contributed by atoms with Gasteiger partial charge in [0.2, 0.25) is 0 Å². The third-order valence-corrected chi connectivity index (χ3v) is 2.78. The predicted molar refractivity (Wildman–Crippen MR) is 70.5 cm³/mol. The maximum Gasteiger partial charge on any atom is 0.120 e. The summed E-state index contributed by atoms with van der Waals surface area (Å²) < 4.78 is 10.6. The number of rotatable bonds is 6. The number of nitrogens with two attached hydrogens (primary N) is 1. The summed E-state index contributed by atoms with van der Waals surface area (Å²) in [6.45, 7) is 0.460. The smallest absolute Gasteiger partial charge is 0.120 e. The second-order valence-electron chi connectivity index (χ2n) is 3.97. The van der Waals surface area contributed by atoms with Crippen molar-refractivity contribution in [3.8, 4) is 5.75 Å². The van der Waals surface area contributed by atoms with Crippen molar-refractivity contribution in [2.75, 3.05) is 6.61 Å². The minimum Gasteiger partial charge on any atom is -0.492 e. The van der Waals surface area contributed by atoms with Gasteiger partial charge < -0.3 is 9.15 Å². The summed E-state index contributed by atoms with van der Waals surface area (Å²) in [5.41, 5.74) is 3.80. The van der Waals surface area contributed by atoms with Crippen LogP contribution in [0.2, 0.25) is 5.02 Å². The molecule has 2 rings (SSSR count). The average Bonchev–Trinajstić information content (AvgIpc) is 2.87. The molecular formula is C13H15ClN2O2. The van der Waals surface area contributed by atoms with E-state index in [1.807, 2.05) is 18.2 Å². The van der Waals surface area contributed by atoms with Gasteiger partial charge in [0.05, 0.1) is 18.6 Å². The van der Waals surface area contributed by atoms with E-state index < -0.39 is 0 Å². The van der Waals surface area contributed by atoms with Crippen LogP contribution in [0.5, 0.6) is 5.75 Å². The molecular weight excluding hydrogens is 252 g/mol. The van der Waals surface area contributed by atoms with Crippen molar-refractivity contribution in [2.45, 2.75) is 12.5 Å². The summed E-state index contributed by atoms with van der Waals surface area (Å²) in [4.78, 5) is 0. The number of nitrogens with one attached hydrogen (secondary N) is 1. The SMILES string of the molecule is NNC(COc1cccc(Cl)c1)Cc1ccoc1. The summed E-state index contributed by atoms with van der Waals surface area (Å²) in [6, 6.07) is 9.20. The van der Waals surface area contributed by atoms with Gasteiger partial charge in [-0.15, -0.1) is 0 Å². The van der Waals surface area contributed by atoms with Gasteiger partial charge in [-0.1, -0.05) is 17.7 Å². The Labute approximate surface area is 111 Å². The van der Waals surface area contributed by atoms with Crippen LogP contribution in [0, 0.1) is 0 Å². The molecule has 0 aliphatic rings. The summed E-state index contributed by atoms with van der Waals surface area (Å²) in [5, 5.41) is 0.652. The molecule has 0 fully saturated rings. The second kappa shape index (κ2) is 6.44. The largest absolute Gasteiger partial charge is 0.492 e. The molecule has 96 valence electrons. The number of benzene rings is 1. The van der Waals surface area contributed by atoms with Gasteiger partial charge in [0.25, 0.3) is 0 Å². The predicted octanol–water partition coefficient (Wildman–Crippen LogP) is 2.39. The van der Waals surface area contributed by atoms with Crippen molar-refractivity contribution in [2.24, 2.45) is 5.84 Å². The van der Waals surface area contributed by atoms with Crippen molar-refractivity contribution >= 4 is 11.6 Å². The lowest BCUT2D eigenvalue weighted by molar-refractivity contribution is 0.264. The van der Waals surface area contributed by atoms with Crippen LogP contribution in [0.3, 0.4) is 0 Å². The first-order chi connectivity index (χ1) is 8.78. The van der Waals surface area contributed by atoms with E-state index in [1.165, 1.54) is 0 Å². The molecule has 1 unspecified atom stereocenters. The molecule has 0 spiro atoms. The van der Waals surface area contributed by atoms with Crippen molar-refractivity contribution in [3.63, 3.8) is 0 Å². The van der Waals surface area contributed by atoms with Crippen LogP contribution in [-0.2, 0) is 6.42 Å². The van der Waals surface area contributed by atoms with E-state index in [2.05, 4.69) is 5.43 Å². The van der Waals surface area contributed by atoms with Crippen LogP contribution >= 0.6 is 11.6 Å². The summed E-state index contributed by atoms with van der Waals surface area (Å²) in [5.74, 6) is 6.23. The van der Waals surface area contributed by atoms with Crippen LogP contribution in [0.15, 0.2) is 47.3 Å². The summed E-state index contributed by atoms with van der Waals surface area (Å²) in [7, 11) is 0. The Hall–Kier alpha value is -1.49. The Morgan fingerprint density at radius 3 is 2.94 bits per heavy atom.